The van der Waals surface area contributed by atoms with Crippen LogP contribution >= 0.6 is 11.6 Å². The van der Waals surface area contributed by atoms with Crippen molar-refractivity contribution in [2.75, 3.05) is 6.54 Å². The van der Waals surface area contributed by atoms with Crippen molar-refractivity contribution < 1.29 is 9.21 Å². The first-order chi connectivity index (χ1) is 15.6. The number of hydrogen-bond donors (Lipinski definition) is 2. The Morgan fingerprint density at radius 2 is 1.72 bits per heavy atom. The predicted octanol–water partition coefficient (Wildman–Crippen LogP) is 5.49. The molecule has 2 heterocycles. The van der Waals surface area contributed by atoms with Crippen molar-refractivity contribution in [3.8, 4) is 0 Å². The first-order valence-corrected chi connectivity index (χ1v) is 10.6. The summed E-state index contributed by atoms with van der Waals surface area (Å²) in [6.45, 7) is 0.261. The standard InChI is InChI=1S/C26H19ClN2O3/c27-22-10-4-2-8-17(22)20(21-14-28-23-11-5-3-9-18(21)23)15-29-25(30)19-13-16-7-1-6-12-24(16)32-26(19)31/h1-14,20,28H,15H2,(H,29,30). The van der Waals surface area contributed by atoms with Gasteiger partial charge in [0.2, 0.25) is 0 Å². The highest BCUT2D eigenvalue weighted by Crippen LogP contribution is 2.34. The third-order valence-corrected chi connectivity index (χ3v) is 5.97. The van der Waals surface area contributed by atoms with Gasteiger partial charge in [0, 0.05) is 40.0 Å². The summed E-state index contributed by atoms with van der Waals surface area (Å²) in [7, 11) is 0. The summed E-state index contributed by atoms with van der Waals surface area (Å²) in [4.78, 5) is 28.6. The molecule has 5 rings (SSSR count). The van der Waals surface area contributed by atoms with Crippen LogP contribution in [0, 0.1) is 0 Å². The second-order valence-electron chi connectivity index (χ2n) is 7.56. The number of H-pyrrole nitrogens is 1. The first-order valence-electron chi connectivity index (χ1n) is 10.2. The van der Waals surface area contributed by atoms with E-state index >= 15 is 0 Å². The summed E-state index contributed by atoms with van der Waals surface area (Å²) >= 11 is 6.52. The zero-order valence-corrected chi connectivity index (χ0v) is 17.7. The molecular weight excluding hydrogens is 424 g/mol. The zero-order valence-electron chi connectivity index (χ0n) is 17.0. The minimum atomic E-state index is -0.664. The summed E-state index contributed by atoms with van der Waals surface area (Å²) in [6, 6.07) is 24.2. The number of amides is 1. The van der Waals surface area contributed by atoms with Crippen LogP contribution in [-0.4, -0.2) is 17.4 Å². The molecule has 0 aliphatic carbocycles. The van der Waals surface area contributed by atoms with Crippen LogP contribution in [0.25, 0.3) is 21.9 Å². The molecule has 0 aliphatic rings. The number of hydrogen-bond acceptors (Lipinski definition) is 3. The highest BCUT2D eigenvalue weighted by Gasteiger charge is 2.22. The van der Waals surface area contributed by atoms with Crippen LogP contribution in [0.4, 0.5) is 0 Å². The van der Waals surface area contributed by atoms with E-state index in [2.05, 4.69) is 10.3 Å². The van der Waals surface area contributed by atoms with Gasteiger partial charge in [-0.1, -0.05) is 66.2 Å². The maximum absolute atomic E-state index is 13.0. The molecule has 1 amide bonds. The van der Waals surface area contributed by atoms with Gasteiger partial charge < -0.3 is 14.7 Å². The molecule has 0 saturated carbocycles. The molecule has 0 aliphatic heterocycles. The number of nitrogens with one attached hydrogen (secondary N) is 2. The Balaban J connectivity index is 1.50. The average molecular weight is 443 g/mol. The number of aromatic nitrogens is 1. The second kappa shape index (κ2) is 8.36. The maximum Gasteiger partial charge on any atom is 0.349 e. The van der Waals surface area contributed by atoms with E-state index in [0.717, 1.165) is 22.0 Å². The molecule has 2 N–H and O–H groups in total. The van der Waals surface area contributed by atoms with Gasteiger partial charge in [0.25, 0.3) is 5.91 Å². The minimum Gasteiger partial charge on any atom is -0.422 e. The zero-order chi connectivity index (χ0) is 22.1. The van der Waals surface area contributed by atoms with Crippen molar-refractivity contribution in [2.45, 2.75) is 5.92 Å². The molecule has 0 bridgehead atoms. The van der Waals surface area contributed by atoms with Gasteiger partial charge in [0.15, 0.2) is 0 Å². The highest BCUT2D eigenvalue weighted by atomic mass is 35.5. The topological polar surface area (TPSA) is 75.1 Å². The van der Waals surface area contributed by atoms with Gasteiger partial charge in [-0.2, -0.15) is 0 Å². The number of para-hydroxylation sites is 2. The molecule has 2 aromatic heterocycles. The summed E-state index contributed by atoms with van der Waals surface area (Å²) in [5, 5.41) is 5.27. The molecule has 0 radical (unpaired) electrons. The summed E-state index contributed by atoms with van der Waals surface area (Å²) in [5.74, 6) is -0.697. The van der Waals surface area contributed by atoms with Crippen LogP contribution in [0.15, 0.2) is 94.3 Å². The molecule has 0 saturated heterocycles. The fourth-order valence-corrected chi connectivity index (χ4v) is 4.31. The lowest BCUT2D eigenvalue weighted by molar-refractivity contribution is 0.0949. The number of benzene rings is 3. The third-order valence-electron chi connectivity index (χ3n) is 5.63. The van der Waals surface area contributed by atoms with Crippen molar-refractivity contribution in [1.29, 1.82) is 0 Å². The molecule has 6 heteroatoms. The molecule has 0 spiro atoms. The Hall–Kier alpha value is -3.83. The van der Waals surface area contributed by atoms with Crippen LogP contribution in [0.1, 0.15) is 27.4 Å². The molecule has 1 unspecified atom stereocenters. The Morgan fingerprint density at radius 1 is 0.969 bits per heavy atom. The van der Waals surface area contributed by atoms with Crippen molar-refractivity contribution in [3.63, 3.8) is 0 Å². The Labute approximate surface area is 188 Å². The molecule has 3 aromatic carbocycles. The Kier molecular flexibility index (Phi) is 5.25. The lowest BCUT2D eigenvalue weighted by Crippen LogP contribution is -2.32. The molecule has 158 valence electrons. The normalized spacial score (nSPS) is 12.2. The number of halogens is 1. The van der Waals surface area contributed by atoms with E-state index in [1.165, 1.54) is 0 Å². The van der Waals surface area contributed by atoms with Gasteiger partial charge in [-0.15, -0.1) is 0 Å². The van der Waals surface area contributed by atoms with Crippen molar-refractivity contribution in [1.82, 2.24) is 10.3 Å². The van der Waals surface area contributed by atoms with Crippen molar-refractivity contribution in [3.05, 3.63) is 117 Å². The highest BCUT2D eigenvalue weighted by molar-refractivity contribution is 6.31. The lowest BCUT2D eigenvalue weighted by Gasteiger charge is -2.19. The lowest BCUT2D eigenvalue weighted by atomic mass is 9.90. The summed E-state index contributed by atoms with van der Waals surface area (Å²) in [5.41, 5.74) is 2.66. The van der Waals surface area contributed by atoms with Gasteiger partial charge in [0.1, 0.15) is 11.1 Å². The van der Waals surface area contributed by atoms with E-state index in [-0.39, 0.29) is 18.0 Å². The van der Waals surface area contributed by atoms with E-state index in [4.69, 9.17) is 16.0 Å². The molecule has 5 aromatic rings. The Morgan fingerprint density at radius 3 is 2.59 bits per heavy atom. The number of aromatic amines is 1. The van der Waals surface area contributed by atoms with Crippen LogP contribution in [0.3, 0.4) is 0 Å². The average Bonchev–Trinajstić information content (AvgIpc) is 3.24. The Bertz CT molecular complexity index is 1500. The van der Waals surface area contributed by atoms with Crippen LogP contribution in [0.5, 0.6) is 0 Å². The molecule has 5 nitrogen and oxygen atoms in total. The van der Waals surface area contributed by atoms with E-state index in [9.17, 15) is 9.59 Å². The van der Waals surface area contributed by atoms with Gasteiger partial charge in [-0.3, -0.25) is 4.79 Å². The fourth-order valence-electron chi connectivity index (χ4n) is 4.04. The molecule has 32 heavy (non-hydrogen) atoms. The van der Waals surface area contributed by atoms with Gasteiger partial charge in [-0.05, 0) is 35.4 Å². The van der Waals surface area contributed by atoms with Gasteiger partial charge in [-0.25, -0.2) is 4.79 Å². The van der Waals surface area contributed by atoms with E-state index in [0.29, 0.717) is 16.0 Å². The molecule has 0 fully saturated rings. The predicted molar refractivity (Wildman–Crippen MR) is 126 cm³/mol. The number of rotatable bonds is 5. The molecule has 1 atom stereocenters. The second-order valence-corrected chi connectivity index (χ2v) is 7.97. The van der Waals surface area contributed by atoms with Gasteiger partial charge >= 0.3 is 5.63 Å². The number of carbonyl (C=O) groups is 1. The van der Waals surface area contributed by atoms with Crippen molar-refractivity contribution >= 4 is 39.4 Å². The first kappa shape index (κ1) is 20.1. The number of carbonyl (C=O) groups excluding carboxylic acids is 1. The molecular formula is C26H19ClN2O3. The summed E-state index contributed by atoms with van der Waals surface area (Å²) in [6.07, 6.45) is 1.94. The number of fused-ring (bicyclic) bond motifs is 2. The van der Waals surface area contributed by atoms with Crippen LogP contribution in [0.2, 0.25) is 5.02 Å². The summed E-state index contributed by atoms with van der Waals surface area (Å²) < 4.78 is 5.31. The monoisotopic (exact) mass is 442 g/mol. The minimum absolute atomic E-state index is 0.0273. The van der Waals surface area contributed by atoms with E-state index in [1.807, 2.05) is 60.8 Å². The third kappa shape index (κ3) is 3.67. The van der Waals surface area contributed by atoms with Crippen LogP contribution < -0.4 is 10.9 Å². The van der Waals surface area contributed by atoms with E-state index in [1.54, 1.807) is 24.3 Å². The quantitative estimate of drug-likeness (QED) is 0.353. The van der Waals surface area contributed by atoms with Gasteiger partial charge in [0.05, 0.1) is 0 Å². The smallest absolute Gasteiger partial charge is 0.349 e. The SMILES string of the molecule is O=C(NCC(c1ccccc1Cl)c1c[nH]c2ccccc12)c1cc2ccccc2oc1=O. The fraction of sp³-hybridized carbons (Fsp3) is 0.0769. The van der Waals surface area contributed by atoms with Crippen LogP contribution in [-0.2, 0) is 0 Å². The van der Waals surface area contributed by atoms with Crippen molar-refractivity contribution in [2.24, 2.45) is 0 Å². The largest absolute Gasteiger partial charge is 0.422 e. The maximum atomic E-state index is 13.0. The van der Waals surface area contributed by atoms with E-state index < -0.39 is 11.5 Å².